The van der Waals surface area contributed by atoms with Gasteiger partial charge in [-0.15, -0.1) is 0 Å². The first kappa shape index (κ1) is 17.7. The molecular weight excluding hydrogens is 324 g/mol. The third-order valence-electron chi connectivity index (χ3n) is 4.67. The Kier molecular flexibility index (Phi) is 5.07. The van der Waals surface area contributed by atoms with Crippen LogP contribution in [0.1, 0.15) is 31.0 Å². The molecular formula is C21H24N4O. The van der Waals surface area contributed by atoms with Crippen LogP contribution in [0.3, 0.4) is 0 Å². The lowest BCUT2D eigenvalue weighted by Gasteiger charge is -2.27. The summed E-state index contributed by atoms with van der Waals surface area (Å²) in [7, 11) is 2.06. The van der Waals surface area contributed by atoms with Gasteiger partial charge in [0.1, 0.15) is 5.75 Å². The van der Waals surface area contributed by atoms with E-state index in [9.17, 15) is 5.11 Å². The van der Waals surface area contributed by atoms with Crippen molar-refractivity contribution in [2.24, 2.45) is 4.99 Å². The van der Waals surface area contributed by atoms with E-state index in [1.54, 1.807) is 18.3 Å². The molecule has 1 unspecified atom stereocenters. The van der Waals surface area contributed by atoms with Gasteiger partial charge in [0.15, 0.2) is 0 Å². The number of aliphatic imine (C=N–C) groups is 1. The Morgan fingerprint density at radius 3 is 2.38 bits per heavy atom. The molecule has 0 radical (unpaired) electrons. The van der Waals surface area contributed by atoms with Gasteiger partial charge in [0, 0.05) is 25.5 Å². The van der Waals surface area contributed by atoms with Gasteiger partial charge in [-0.25, -0.2) is 4.98 Å². The molecule has 0 saturated heterocycles. The first-order valence-electron chi connectivity index (χ1n) is 8.61. The number of phenolic OH excluding ortho intramolecular Hbond substituents is 1. The van der Waals surface area contributed by atoms with Gasteiger partial charge in [-0.05, 0) is 56.0 Å². The Bertz CT molecular complexity index is 870. The van der Waals surface area contributed by atoms with Gasteiger partial charge in [-0.2, -0.15) is 0 Å². The van der Waals surface area contributed by atoms with Crippen LogP contribution in [0, 0.1) is 0 Å². The molecule has 3 aromatic rings. The smallest absolute Gasteiger partial charge is 0.115 e. The predicted octanol–water partition coefficient (Wildman–Crippen LogP) is 4.40. The Morgan fingerprint density at radius 1 is 1.12 bits per heavy atom. The van der Waals surface area contributed by atoms with E-state index in [0.717, 1.165) is 22.5 Å². The predicted molar refractivity (Wildman–Crippen MR) is 107 cm³/mol. The van der Waals surface area contributed by atoms with Crippen LogP contribution in [-0.4, -0.2) is 34.5 Å². The number of phenols is 1. The van der Waals surface area contributed by atoms with Crippen LogP contribution in [0.15, 0.2) is 66.2 Å². The maximum Gasteiger partial charge on any atom is 0.115 e. The van der Waals surface area contributed by atoms with Gasteiger partial charge < -0.3 is 14.6 Å². The molecule has 134 valence electrons. The van der Waals surface area contributed by atoms with Crippen molar-refractivity contribution in [3.05, 3.63) is 72.3 Å². The largest absolute Gasteiger partial charge is 0.508 e. The van der Waals surface area contributed by atoms with E-state index < -0.39 is 0 Å². The third-order valence-corrected chi connectivity index (χ3v) is 4.67. The summed E-state index contributed by atoms with van der Waals surface area (Å²) in [6, 6.07) is 13.8. The first-order chi connectivity index (χ1) is 12.5. The fourth-order valence-electron chi connectivity index (χ4n) is 3.02. The fourth-order valence-corrected chi connectivity index (χ4v) is 3.02. The molecule has 1 aromatic heterocycles. The topological polar surface area (TPSA) is 53.7 Å². The molecule has 0 saturated carbocycles. The molecule has 5 nitrogen and oxygen atoms in total. The molecule has 3 rings (SSSR count). The molecule has 0 spiro atoms. The number of rotatable bonds is 6. The average Bonchev–Trinajstić information content (AvgIpc) is 3.17. The van der Waals surface area contributed by atoms with Crippen molar-refractivity contribution in [1.82, 2.24) is 9.55 Å². The molecule has 0 fully saturated rings. The standard InChI is InChI=1S/C21H24N4O/c1-15(2)24(4)20-13-17(7-10-19(20)22-3)21(25-12-11-23-14-25)16-5-8-18(26)9-6-16/h5-15,21,26H,3H2,1-2,4H3. The van der Waals surface area contributed by atoms with Crippen molar-refractivity contribution in [3.8, 4) is 5.75 Å². The fraction of sp³-hybridized carbons (Fsp3) is 0.238. The minimum Gasteiger partial charge on any atom is -0.508 e. The normalized spacial score (nSPS) is 12.2. The number of benzene rings is 2. The Hall–Kier alpha value is -3.08. The monoisotopic (exact) mass is 348 g/mol. The van der Waals surface area contributed by atoms with Crippen molar-refractivity contribution < 1.29 is 5.11 Å². The van der Waals surface area contributed by atoms with Crippen LogP contribution in [-0.2, 0) is 0 Å². The highest BCUT2D eigenvalue weighted by Crippen LogP contribution is 2.35. The lowest BCUT2D eigenvalue weighted by Crippen LogP contribution is -2.26. The van der Waals surface area contributed by atoms with Crippen molar-refractivity contribution in [3.63, 3.8) is 0 Å². The lowest BCUT2D eigenvalue weighted by molar-refractivity contribution is 0.474. The van der Waals surface area contributed by atoms with Gasteiger partial charge in [-0.1, -0.05) is 18.2 Å². The summed E-state index contributed by atoms with van der Waals surface area (Å²) in [5.41, 5.74) is 4.08. The summed E-state index contributed by atoms with van der Waals surface area (Å²) < 4.78 is 2.06. The second-order valence-corrected chi connectivity index (χ2v) is 6.61. The zero-order chi connectivity index (χ0) is 18.7. The number of hydrogen-bond donors (Lipinski definition) is 1. The van der Waals surface area contributed by atoms with Crippen LogP contribution >= 0.6 is 0 Å². The van der Waals surface area contributed by atoms with Crippen LogP contribution in [0.2, 0.25) is 0 Å². The first-order valence-corrected chi connectivity index (χ1v) is 8.61. The number of imidazole rings is 1. The summed E-state index contributed by atoms with van der Waals surface area (Å²) in [5, 5.41) is 9.64. The van der Waals surface area contributed by atoms with E-state index in [4.69, 9.17) is 0 Å². The van der Waals surface area contributed by atoms with Gasteiger partial charge in [0.25, 0.3) is 0 Å². The Morgan fingerprint density at radius 2 is 1.81 bits per heavy atom. The number of nitrogens with zero attached hydrogens (tertiary/aromatic N) is 4. The highest BCUT2D eigenvalue weighted by molar-refractivity contribution is 5.70. The second-order valence-electron chi connectivity index (χ2n) is 6.61. The van der Waals surface area contributed by atoms with Crippen molar-refractivity contribution >= 4 is 18.1 Å². The quantitative estimate of drug-likeness (QED) is 0.672. The highest BCUT2D eigenvalue weighted by atomic mass is 16.3. The van der Waals surface area contributed by atoms with Crippen LogP contribution in [0.5, 0.6) is 5.75 Å². The Labute approximate surface area is 154 Å². The summed E-state index contributed by atoms with van der Waals surface area (Å²) in [4.78, 5) is 10.6. The molecule has 2 aromatic carbocycles. The molecule has 1 atom stereocenters. The number of aromatic nitrogens is 2. The van der Waals surface area contributed by atoms with Gasteiger partial charge in [-0.3, -0.25) is 4.99 Å². The third kappa shape index (κ3) is 3.47. The number of aromatic hydroxyl groups is 1. The highest BCUT2D eigenvalue weighted by Gasteiger charge is 2.19. The summed E-state index contributed by atoms with van der Waals surface area (Å²) >= 11 is 0. The average molecular weight is 348 g/mol. The molecule has 0 aliphatic rings. The van der Waals surface area contributed by atoms with E-state index in [2.05, 4.69) is 59.2 Å². The molecule has 0 aliphatic carbocycles. The number of anilines is 1. The zero-order valence-electron chi connectivity index (χ0n) is 15.4. The van der Waals surface area contributed by atoms with E-state index in [0.29, 0.717) is 6.04 Å². The zero-order valence-corrected chi connectivity index (χ0v) is 15.4. The molecule has 1 heterocycles. The van der Waals surface area contributed by atoms with E-state index in [-0.39, 0.29) is 11.8 Å². The maximum absolute atomic E-state index is 9.64. The van der Waals surface area contributed by atoms with Crippen LogP contribution in [0.4, 0.5) is 11.4 Å². The molecule has 5 heteroatoms. The summed E-state index contributed by atoms with van der Waals surface area (Å²) in [5.74, 6) is 0.254. The Balaban J connectivity index is 2.14. The van der Waals surface area contributed by atoms with Crippen molar-refractivity contribution in [2.75, 3.05) is 11.9 Å². The van der Waals surface area contributed by atoms with Crippen LogP contribution in [0.25, 0.3) is 0 Å². The van der Waals surface area contributed by atoms with Crippen molar-refractivity contribution in [1.29, 1.82) is 0 Å². The van der Waals surface area contributed by atoms with Crippen molar-refractivity contribution in [2.45, 2.75) is 25.9 Å². The lowest BCUT2D eigenvalue weighted by atomic mass is 9.97. The molecule has 1 N–H and O–H groups in total. The van der Waals surface area contributed by atoms with E-state index >= 15 is 0 Å². The maximum atomic E-state index is 9.64. The second kappa shape index (κ2) is 7.44. The minimum absolute atomic E-state index is 0.0451. The molecule has 0 bridgehead atoms. The van der Waals surface area contributed by atoms with Crippen LogP contribution < -0.4 is 4.90 Å². The summed E-state index contributed by atoms with van der Waals surface area (Å²) in [6.45, 7) is 8.00. The van der Waals surface area contributed by atoms with Gasteiger partial charge >= 0.3 is 0 Å². The molecule has 0 aliphatic heterocycles. The molecule has 26 heavy (non-hydrogen) atoms. The van der Waals surface area contributed by atoms with Gasteiger partial charge in [0.2, 0.25) is 0 Å². The van der Waals surface area contributed by atoms with Gasteiger partial charge in [0.05, 0.1) is 23.7 Å². The van der Waals surface area contributed by atoms with E-state index in [1.165, 1.54) is 0 Å². The number of hydrogen-bond acceptors (Lipinski definition) is 4. The molecule has 0 amide bonds. The summed E-state index contributed by atoms with van der Waals surface area (Å²) in [6.07, 6.45) is 5.53. The minimum atomic E-state index is -0.0451. The SMILES string of the molecule is C=Nc1ccc(C(c2ccc(O)cc2)n2ccnc2)cc1N(C)C(C)C. The van der Waals surface area contributed by atoms with E-state index in [1.807, 2.05) is 30.7 Å².